The number of benzene rings is 2. The van der Waals surface area contributed by atoms with Crippen molar-refractivity contribution in [3.63, 3.8) is 0 Å². The highest BCUT2D eigenvalue weighted by atomic mass is 32.2. The molecule has 2 heterocycles. The van der Waals surface area contributed by atoms with Gasteiger partial charge in [-0.3, -0.25) is 14.5 Å². The third-order valence-corrected chi connectivity index (χ3v) is 6.99. The van der Waals surface area contributed by atoms with Crippen LogP contribution in [-0.2, 0) is 16.0 Å². The molecule has 2 aliphatic heterocycles. The molecule has 1 saturated heterocycles. The molecule has 0 saturated carbocycles. The third-order valence-electron chi connectivity index (χ3n) is 5.61. The van der Waals surface area contributed by atoms with E-state index in [2.05, 4.69) is 6.07 Å². The van der Waals surface area contributed by atoms with E-state index in [1.807, 2.05) is 72.5 Å². The van der Waals surface area contributed by atoms with Crippen molar-refractivity contribution in [2.45, 2.75) is 32.6 Å². The maximum atomic E-state index is 12.9. The second kappa shape index (κ2) is 10.3. The zero-order valence-electron chi connectivity index (χ0n) is 18.1. The summed E-state index contributed by atoms with van der Waals surface area (Å²) < 4.78 is 0.560. The summed E-state index contributed by atoms with van der Waals surface area (Å²) in [4.78, 5) is 29.9. The lowest BCUT2D eigenvalue weighted by atomic mass is 10.0. The molecule has 0 spiro atoms. The first-order valence-corrected chi connectivity index (χ1v) is 12.1. The van der Waals surface area contributed by atoms with Crippen molar-refractivity contribution in [2.75, 3.05) is 18.0 Å². The van der Waals surface area contributed by atoms with Crippen molar-refractivity contribution in [3.05, 3.63) is 82.3 Å². The van der Waals surface area contributed by atoms with E-state index in [4.69, 9.17) is 12.2 Å². The highest BCUT2D eigenvalue weighted by Gasteiger charge is 2.32. The van der Waals surface area contributed by atoms with E-state index in [0.29, 0.717) is 28.6 Å². The Morgan fingerprint density at radius 2 is 1.88 bits per heavy atom. The van der Waals surface area contributed by atoms with Crippen molar-refractivity contribution >= 4 is 51.9 Å². The average molecular weight is 463 g/mol. The zero-order valence-corrected chi connectivity index (χ0v) is 19.8. The predicted molar refractivity (Wildman–Crippen MR) is 136 cm³/mol. The highest BCUT2D eigenvalue weighted by molar-refractivity contribution is 8.26. The number of aryl methyl sites for hydroxylation is 1. The van der Waals surface area contributed by atoms with Crippen molar-refractivity contribution in [2.24, 2.45) is 0 Å². The van der Waals surface area contributed by atoms with E-state index in [1.54, 1.807) is 4.90 Å². The number of fused-ring (bicyclic) bond motifs is 1. The SMILES string of the molecule is CC(=Cc1ccccc1)C=C1SC(=S)N(CCCC(=O)N2CCCc3ccccc32)C1=O. The van der Waals surface area contributed by atoms with Gasteiger partial charge in [-0.2, -0.15) is 0 Å². The van der Waals surface area contributed by atoms with Crippen molar-refractivity contribution in [1.29, 1.82) is 0 Å². The molecular formula is C26H26N2O2S2. The molecule has 4 rings (SSSR count). The van der Waals surface area contributed by atoms with E-state index in [-0.39, 0.29) is 11.8 Å². The van der Waals surface area contributed by atoms with Crippen LogP contribution in [0.15, 0.2) is 71.2 Å². The molecule has 4 nitrogen and oxygen atoms in total. The van der Waals surface area contributed by atoms with Gasteiger partial charge in [0.15, 0.2) is 0 Å². The lowest BCUT2D eigenvalue weighted by Gasteiger charge is -2.29. The Kier molecular flexibility index (Phi) is 7.22. The molecule has 0 bridgehead atoms. The van der Waals surface area contributed by atoms with Crippen LogP contribution >= 0.6 is 24.0 Å². The molecule has 0 radical (unpaired) electrons. The molecule has 2 amide bonds. The number of para-hydroxylation sites is 1. The van der Waals surface area contributed by atoms with E-state index in [0.717, 1.165) is 36.2 Å². The monoisotopic (exact) mass is 462 g/mol. The second-order valence-electron chi connectivity index (χ2n) is 8.01. The molecule has 0 atom stereocenters. The summed E-state index contributed by atoms with van der Waals surface area (Å²) in [5.74, 6) is 0.0383. The summed E-state index contributed by atoms with van der Waals surface area (Å²) in [6.45, 7) is 3.20. The molecule has 0 unspecified atom stereocenters. The van der Waals surface area contributed by atoms with Crippen LogP contribution in [0.5, 0.6) is 0 Å². The number of carbonyl (C=O) groups excluding carboxylic acids is 2. The first kappa shape index (κ1) is 22.5. The fourth-order valence-electron chi connectivity index (χ4n) is 4.07. The second-order valence-corrected chi connectivity index (χ2v) is 9.69. The number of thioether (sulfide) groups is 1. The number of anilines is 1. The smallest absolute Gasteiger partial charge is 0.266 e. The van der Waals surface area contributed by atoms with Gasteiger partial charge in [0, 0.05) is 25.2 Å². The zero-order chi connectivity index (χ0) is 22.5. The van der Waals surface area contributed by atoms with Gasteiger partial charge in [0.1, 0.15) is 4.32 Å². The van der Waals surface area contributed by atoms with Crippen LogP contribution in [0.1, 0.15) is 37.3 Å². The number of hydrogen-bond acceptors (Lipinski definition) is 4. The molecule has 32 heavy (non-hydrogen) atoms. The topological polar surface area (TPSA) is 40.6 Å². The summed E-state index contributed by atoms with van der Waals surface area (Å²) in [7, 11) is 0. The van der Waals surface area contributed by atoms with Crippen LogP contribution in [0.3, 0.4) is 0 Å². The van der Waals surface area contributed by atoms with Crippen LogP contribution < -0.4 is 4.90 Å². The molecule has 6 heteroatoms. The minimum absolute atomic E-state index is 0.0726. The highest BCUT2D eigenvalue weighted by Crippen LogP contribution is 2.32. The molecule has 1 fully saturated rings. The van der Waals surface area contributed by atoms with E-state index < -0.39 is 0 Å². The standard InChI is InChI=1S/C26H26N2O2S2/c1-19(17-20-9-3-2-4-10-20)18-23-25(30)28(26(31)32-23)16-8-14-24(29)27-15-7-12-21-11-5-6-13-22(21)27/h2-6,9-11,13,17-18H,7-8,12,14-16H2,1H3. The molecule has 2 aliphatic rings. The van der Waals surface area contributed by atoms with E-state index in [1.165, 1.54) is 17.3 Å². The Labute approximate surface area is 199 Å². The summed E-state index contributed by atoms with van der Waals surface area (Å²) >= 11 is 6.78. The van der Waals surface area contributed by atoms with Gasteiger partial charge in [-0.25, -0.2) is 0 Å². The van der Waals surface area contributed by atoms with Crippen LogP contribution in [0.4, 0.5) is 5.69 Å². The first-order chi connectivity index (χ1) is 15.5. The fraction of sp³-hybridized carbons (Fsp3) is 0.269. The van der Waals surface area contributed by atoms with E-state index >= 15 is 0 Å². The number of amides is 2. The Balaban J connectivity index is 1.34. The third kappa shape index (κ3) is 5.19. The number of nitrogens with zero attached hydrogens (tertiary/aromatic N) is 2. The van der Waals surface area contributed by atoms with Gasteiger partial charge in [0.2, 0.25) is 5.91 Å². The molecule has 0 aliphatic carbocycles. The summed E-state index contributed by atoms with van der Waals surface area (Å²) in [5, 5.41) is 0. The molecule has 0 aromatic heterocycles. The maximum Gasteiger partial charge on any atom is 0.266 e. The number of thiocarbonyl (C=S) groups is 1. The maximum absolute atomic E-state index is 12.9. The lowest BCUT2D eigenvalue weighted by molar-refractivity contribution is -0.123. The first-order valence-electron chi connectivity index (χ1n) is 10.9. The molecule has 0 N–H and O–H groups in total. The predicted octanol–water partition coefficient (Wildman–Crippen LogP) is 5.59. The minimum Gasteiger partial charge on any atom is -0.312 e. The van der Waals surface area contributed by atoms with Gasteiger partial charge in [0.25, 0.3) is 5.91 Å². The van der Waals surface area contributed by atoms with Gasteiger partial charge in [-0.15, -0.1) is 0 Å². The van der Waals surface area contributed by atoms with Crippen LogP contribution in [0.2, 0.25) is 0 Å². The molecule has 2 aromatic carbocycles. The van der Waals surface area contributed by atoms with Gasteiger partial charge in [-0.1, -0.05) is 78.6 Å². The molecule has 2 aromatic rings. The normalized spacial score (nSPS) is 17.8. The number of allylic oxidation sites excluding steroid dienone is 2. The Hall–Kier alpha value is -2.70. The average Bonchev–Trinajstić information content (AvgIpc) is 3.06. The number of carbonyl (C=O) groups is 2. The van der Waals surface area contributed by atoms with Crippen molar-refractivity contribution < 1.29 is 9.59 Å². The van der Waals surface area contributed by atoms with Gasteiger partial charge < -0.3 is 4.90 Å². The van der Waals surface area contributed by atoms with Gasteiger partial charge in [-0.05, 0) is 55.0 Å². The Morgan fingerprint density at radius 1 is 1.12 bits per heavy atom. The van der Waals surface area contributed by atoms with Crippen LogP contribution in [0, 0.1) is 0 Å². The van der Waals surface area contributed by atoms with Gasteiger partial charge >= 0.3 is 0 Å². The Morgan fingerprint density at radius 3 is 2.69 bits per heavy atom. The van der Waals surface area contributed by atoms with Crippen molar-refractivity contribution in [1.82, 2.24) is 4.90 Å². The lowest BCUT2D eigenvalue weighted by Crippen LogP contribution is -2.36. The largest absolute Gasteiger partial charge is 0.312 e. The molecule has 164 valence electrons. The summed E-state index contributed by atoms with van der Waals surface area (Å²) in [6, 6.07) is 18.1. The molecular weight excluding hydrogens is 436 g/mol. The van der Waals surface area contributed by atoms with Crippen LogP contribution in [-0.4, -0.2) is 34.1 Å². The Bertz CT molecular complexity index is 1090. The quantitative estimate of drug-likeness (QED) is 0.414. The summed E-state index contributed by atoms with van der Waals surface area (Å²) in [6.07, 6.45) is 6.93. The van der Waals surface area contributed by atoms with Crippen molar-refractivity contribution in [3.8, 4) is 0 Å². The van der Waals surface area contributed by atoms with E-state index in [9.17, 15) is 9.59 Å². The number of rotatable bonds is 6. The summed E-state index contributed by atoms with van der Waals surface area (Å²) in [5.41, 5.74) is 4.34. The number of hydrogen-bond donors (Lipinski definition) is 0. The van der Waals surface area contributed by atoms with Gasteiger partial charge in [0.05, 0.1) is 4.91 Å². The van der Waals surface area contributed by atoms with Crippen LogP contribution in [0.25, 0.3) is 6.08 Å². The minimum atomic E-state index is -0.0726. The fourth-order valence-corrected chi connectivity index (χ4v) is 5.43.